The molecule has 2 fully saturated rings. The number of aliphatic hydroxyl groups is 1. The van der Waals surface area contributed by atoms with Crippen molar-refractivity contribution in [3.63, 3.8) is 0 Å². The molecule has 11 nitrogen and oxygen atoms in total. The summed E-state index contributed by atoms with van der Waals surface area (Å²) in [4.78, 5) is 26.9. The van der Waals surface area contributed by atoms with Gasteiger partial charge in [0.2, 0.25) is 26.0 Å². The SMILES string of the molecule is C.C.CNS(=O)(=O)c1ccc(N2CC[C@@H](C)C2=O)cc1.CNS(=O)(=O)c1ccc(N2CC[C@@H](O)C2=O)cc1. The summed E-state index contributed by atoms with van der Waals surface area (Å²) in [5, 5.41) is 9.35. The molecule has 3 N–H and O–H groups in total. The Morgan fingerprint density at radius 2 is 1.08 bits per heavy atom. The molecule has 0 radical (unpaired) electrons. The second-order valence-electron chi connectivity index (χ2n) is 8.38. The third-order valence-electron chi connectivity index (χ3n) is 6.11. The average Bonchev–Trinajstić information content (AvgIpc) is 3.40. The first-order chi connectivity index (χ1) is 16.9. The highest BCUT2D eigenvalue weighted by Gasteiger charge is 2.31. The molecule has 2 aliphatic heterocycles. The van der Waals surface area contributed by atoms with E-state index in [2.05, 4.69) is 9.44 Å². The van der Waals surface area contributed by atoms with Crippen LogP contribution in [0.5, 0.6) is 0 Å². The highest BCUT2D eigenvalue weighted by molar-refractivity contribution is 7.89. The fourth-order valence-electron chi connectivity index (χ4n) is 3.85. The van der Waals surface area contributed by atoms with Crippen molar-refractivity contribution in [1.29, 1.82) is 0 Å². The van der Waals surface area contributed by atoms with Gasteiger partial charge in [0.15, 0.2) is 0 Å². The minimum atomic E-state index is -3.47. The van der Waals surface area contributed by atoms with Crippen LogP contribution in [0, 0.1) is 5.92 Å². The third-order valence-corrected chi connectivity index (χ3v) is 8.97. The molecule has 0 aliphatic carbocycles. The summed E-state index contributed by atoms with van der Waals surface area (Å²) in [6.07, 6.45) is 0.288. The molecule has 0 aromatic heterocycles. The van der Waals surface area contributed by atoms with Crippen molar-refractivity contribution in [1.82, 2.24) is 9.44 Å². The Labute approximate surface area is 225 Å². The summed E-state index contributed by atoms with van der Waals surface area (Å²) in [5.41, 5.74) is 1.34. The summed E-state index contributed by atoms with van der Waals surface area (Å²) in [6, 6.07) is 12.3. The van der Waals surface area contributed by atoms with Crippen molar-refractivity contribution < 1.29 is 31.5 Å². The number of aliphatic hydroxyl groups excluding tert-OH is 1. The standard InChI is InChI=1S/C12H16N2O3S.C11H14N2O4S.2CH4/c1-9-7-8-14(12(9)15)10-3-5-11(6-4-10)18(16,17)13-2;1-12-18(16,17)9-4-2-8(3-5-9)13-7-6-10(14)11(13)15;;/h3-6,9,13H,7-8H2,1-2H3;2-5,10,12,14H,6-7H2,1H3;2*1H4/t9-;10-;;/m11../s1. The van der Waals surface area contributed by atoms with Crippen molar-refractivity contribution in [2.75, 3.05) is 37.0 Å². The van der Waals surface area contributed by atoms with Crippen LogP contribution in [0.15, 0.2) is 58.3 Å². The van der Waals surface area contributed by atoms with Gasteiger partial charge in [-0.05, 0) is 69.0 Å². The maximum Gasteiger partial charge on any atom is 0.255 e. The molecule has 212 valence electrons. The van der Waals surface area contributed by atoms with Crippen LogP contribution in [0.2, 0.25) is 0 Å². The van der Waals surface area contributed by atoms with E-state index in [-0.39, 0.29) is 42.4 Å². The lowest BCUT2D eigenvalue weighted by Crippen LogP contribution is -2.29. The number of nitrogens with zero attached hydrogens (tertiary/aromatic N) is 2. The minimum Gasteiger partial charge on any atom is -0.383 e. The first-order valence-corrected chi connectivity index (χ1v) is 14.3. The molecule has 4 rings (SSSR count). The molecular weight excluding hydrogens is 532 g/mol. The van der Waals surface area contributed by atoms with E-state index in [9.17, 15) is 31.5 Å². The van der Waals surface area contributed by atoms with Crippen molar-refractivity contribution in [2.24, 2.45) is 5.92 Å². The molecule has 2 heterocycles. The molecule has 2 atom stereocenters. The number of nitrogens with one attached hydrogen (secondary N) is 2. The maximum atomic E-state index is 11.8. The first kappa shape index (κ1) is 33.2. The zero-order valence-corrected chi connectivity index (χ0v) is 21.8. The van der Waals surface area contributed by atoms with Gasteiger partial charge in [-0.25, -0.2) is 26.3 Å². The van der Waals surface area contributed by atoms with Crippen LogP contribution in [0.3, 0.4) is 0 Å². The normalized spacial score (nSPS) is 19.4. The lowest BCUT2D eigenvalue weighted by atomic mass is 10.1. The van der Waals surface area contributed by atoms with Gasteiger partial charge >= 0.3 is 0 Å². The number of sulfonamides is 2. The number of hydrogen-bond acceptors (Lipinski definition) is 7. The van der Waals surface area contributed by atoms with Gasteiger partial charge in [-0.3, -0.25) is 9.59 Å². The van der Waals surface area contributed by atoms with Crippen LogP contribution in [-0.4, -0.2) is 67.0 Å². The Morgan fingerprint density at radius 1 is 0.711 bits per heavy atom. The minimum absolute atomic E-state index is 0. The van der Waals surface area contributed by atoms with E-state index in [1.165, 1.54) is 43.3 Å². The Morgan fingerprint density at radius 3 is 1.37 bits per heavy atom. The average molecular weight is 571 g/mol. The first-order valence-electron chi connectivity index (χ1n) is 11.3. The zero-order chi connectivity index (χ0) is 26.7. The highest BCUT2D eigenvalue weighted by atomic mass is 32.2. The molecule has 0 saturated carbocycles. The lowest BCUT2D eigenvalue weighted by Gasteiger charge is -2.16. The molecule has 38 heavy (non-hydrogen) atoms. The smallest absolute Gasteiger partial charge is 0.255 e. The fraction of sp³-hybridized carbons (Fsp3) is 0.440. The maximum absolute atomic E-state index is 11.8. The van der Waals surface area contributed by atoms with Crippen LogP contribution in [0.25, 0.3) is 0 Å². The second-order valence-corrected chi connectivity index (χ2v) is 12.1. The highest BCUT2D eigenvalue weighted by Crippen LogP contribution is 2.26. The van der Waals surface area contributed by atoms with E-state index in [0.717, 1.165) is 12.1 Å². The Hall–Kier alpha value is -2.84. The van der Waals surface area contributed by atoms with E-state index >= 15 is 0 Å². The summed E-state index contributed by atoms with van der Waals surface area (Å²) < 4.78 is 50.6. The second kappa shape index (κ2) is 13.3. The molecule has 2 aromatic rings. The van der Waals surface area contributed by atoms with Gasteiger partial charge in [0.25, 0.3) is 5.91 Å². The quantitative estimate of drug-likeness (QED) is 0.480. The van der Waals surface area contributed by atoms with Crippen LogP contribution >= 0.6 is 0 Å². The van der Waals surface area contributed by atoms with E-state index in [1.807, 2.05) is 6.92 Å². The van der Waals surface area contributed by atoms with E-state index < -0.39 is 26.2 Å². The van der Waals surface area contributed by atoms with Gasteiger partial charge in [0.05, 0.1) is 9.79 Å². The number of anilines is 2. The Bertz CT molecular complexity index is 1210. The molecule has 0 bridgehead atoms. The molecule has 2 aromatic carbocycles. The third kappa shape index (κ3) is 7.17. The Balaban J connectivity index is 0.000000361. The molecule has 13 heteroatoms. The largest absolute Gasteiger partial charge is 0.383 e. The summed E-state index contributed by atoms with van der Waals surface area (Å²) in [5.74, 6) is -0.204. The Kier molecular flexibility index (Phi) is 11.6. The van der Waals surface area contributed by atoms with Crippen molar-refractivity contribution >= 4 is 43.2 Å². The molecule has 2 saturated heterocycles. The molecule has 2 aliphatic rings. The molecule has 0 unspecified atom stereocenters. The van der Waals surface area contributed by atoms with Gasteiger partial charge in [-0.15, -0.1) is 0 Å². The summed E-state index contributed by atoms with van der Waals surface area (Å²) in [6.45, 7) is 3.04. The van der Waals surface area contributed by atoms with Crippen molar-refractivity contribution in [2.45, 2.75) is 50.5 Å². The topological polar surface area (TPSA) is 153 Å². The number of amides is 2. The van der Waals surface area contributed by atoms with E-state index in [1.54, 1.807) is 29.2 Å². The van der Waals surface area contributed by atoms with Crippen LogP contribution < -0.4 is 19.2 Å². The van der Waals surface area contributed by atoms with Crippen molar-refractivity contribution in [3.8, 4) is 0 Å². The number of carbonyl (C=O) groups is 2. The summed E-state index contributed by atoms with van der Waals surface area (Å²) in [7, 11) is -4.17. The lowest BCUT2D eigenvalue weighted by molar-refractivity contribution is -0.124. The van der Waals surface area contributed by atoms with Crippen LogP contribution in [0.4, 0.5) is 11.4 Å². The molecule has 0 spiro atoms. The number of benzene rings is 2. The summed E-state index contributed by atoms with van der Waals surface area (Å²) >= 11 is 0. The van der Waals surface area contributed by atoms with Crippen LogP contribution in [0.1, 0.15) is 34.6 Å². The molecule has 2 amide bonds. The fourth-order valence-corrected chi connectivity index (χ4v) is 5.31. The van der Waals surface area contributed by atoms with Gasteiger partial charge in [0.1, 0.15) is 6.10 Å². The number of rotatable bonds is 6. The predicted octanol–water partition coefficient (Wildman–Crippen LogP) is 1.93. The van der Waals surface area contributed by atoms with Gasteiger partial charge in [-0.2, -0.15) is 0 Å². The monoisotopic (exact) mass is 570 g/mol. The molecular formula is C25H38N4O7S2. The number of hydrogen-bond donors (Lipinski definition) is 3. The van der Waals surface area contributed by atoms with Crippen molar-refractivity contribution in [3.05, 3.63) is 48.5 Å². The van der Waals surface area contributed by atoms with Gasteiger partial charge < -0.3 is 14.9 Å². The van der Waals surface area contributed by atoms with E-state index in [4.69, 9.17) is 0 Å². The van der Waals surface area contributed by atoms with Gasteiger partial charge in [-0.1, -0.05) is 21.8 Å². The zero-order valence-electron chi connectivity index (χ0n) is 20.2. The predicted molar refractivity (Wildman–Crippen MR) is 148 cm³/mol. The number of carbonyl (C=O) groups excluding carboxylic acids is 2. The van der Waals surface area contributed by atoms with Crippen LogP contribution in [-0.2, 0) is 29.6 Å². The van der Waals surface area contributed by atoms with Gasteiger partial charge in [0, 0.05) is 36.8 Å². The van der Waals surface area contributed by atoms with E-state index in [0.29, 0.717) is 25.2 Å².